The Balaban J connectivity index is 1.76. The molecule has 1 saturated carbocycles. The Morgan fingerprint density at radius 1 is 1.26 bits per heavy atom. The minimum Gasteiger partial charge on any atom is -0.497 e. The monoisotopic (exact) mass is 315 g/mol. The van der Waals surface area contributed by atoms with Crippen molar-refractivity contribution in [1.29, 1.82) is 0 Å². The fourth-order valence-corrected chi connectivity index (χ4v) is 2.66. The molecular formula is C18H18FNO3. The quantitative estimate of drug-likeness (QED) is 0.892. The van der Waals surface area contributed by atoms with Crippen LogP contribution in [0.5, 0.6) is 5.75 Å². The number of aliphatic hydroxyl groups excluding tert-OH is 1. The predicted octanol–water partition coefficient (Wildman–Crippen LogP) is 2.67. The van der Waals surface area contributed by atoms with Crippen LogP contribution < -0.4 is 10.1 Å². The van der Waals surface area contributed by atoms with E-state index in [-0.39, 0.29) is 5.82 Å². The molecule has 0 aliphatic heterocycles. The topological polar surface area (TPSA) is 58.6 Å². The summed E-state index contributed by atoms with van der Waals surface area (Å²) in [6.07, 6.45) is 0.163. The second-order valence-corrected chi connectivity index (χ2v) is 5.76. The third-order valence-electron chi connectivity index (χ3n) is 4.15. The molecule has 0 saturated heterocycles. The largest absolute Gasteiger partial charge is 0.497 e. The molecule has 0 bridgehead atoms. The van der Waals surface area contributed by atoms with Crippen LogP contribution in [-0.2, 0) is 10.3 Å². The van der Waals surface area contributed by atoms with Gasteiger partial charge in [-0.05, 0) is 48.2 Å². The number of nitrogens with one attached hydrogen (secondary N) is 1. The molecule has 0 heterocycles. The molecule has 4 nitrogen and oxygen atoms in total. The fraction of sp³-hybridized carbons (Fsp3) is 0.278. The lowest BCUT2D eigenvalue weighted by Gasteiger charge is -2.20. The molecule has 23 heavy (non-hydrogen) atoms. The van der Waals surface area contributed by atoms with E-state index in [0.29, 0.717) is 11.3 Å². The van der Waals surface area contributed by atoms with E-state index >= 15 is 0 Å². The van der Waals surface area contributed by atoms with Gasteiger partial charge in [0.2, 0.25) is 0 Å². The number of benzene rings is 2. The van der Waals surface area contributed by atoms with Gasteiger partial charge in [0.05, 0.1) is 12.6 Å². The van der Waals surface area contributed by atoms with E-state index in [1.54, 1.807) is 36.4 Å². The second kappa shape index (κ2) is 6.01. The summed E-state index contributed by atoms with van der Waals surface area (Å²) in [5.74, 6) is -0.267. The van der Waals surface area contributed by atoms with Gasteiger partial charge in [0.1, 0.15) is 11.6 Å². The molecule has 1 aliphatic carbocycles. The predicted molar refractivity (Wildman–Crippen MR) is 83.4 cm³/mol. The van der Waals surface area contributed by atoms with Crippen LogP contribution in [0.2, 0.25) is 0 Å². The van der Waals surface area contributed by atoms with Crippen molar-refractivity contribution in [2.45, 2.75) is 24.5 Å². The molecule has 0 aromatic heterocycles. The van der Waals surface area contributed by atoms with Crippen LogP contribution in [0, 0.1) is 5.82 Å². The van der Waals surface area contributed by atoms with Crippen LogP contribution in [0.4, 0.5) is 4.39 Å². The number of hydrogen-bond donors (Lipinski definition) is 2. The van der Waals surface area contributed by atoms with Gasteiger partial charge in [-0.25, -0.2) is 4.39 Å². The summed E-state index contributed by atoms with van der Waals surface area (Å²) in [4.78, 5) is 12.4. The summed E-state index contributed by atoms with van der Waals surface area (Å²) >= 11 is 0. The highest BCUT2D eigenvalue weighted by Crippen LogP contribution is 2.46. The third-order valence-corrected chi connectivity index (χ3v) is 4.15. The highest BCUT2D eigenvalue weighted by molar-refractivity contribution is 5.83. The Labute approximate surface area is 133 Å². The average molecular weight is 315 g/mol. The van der Waals surface area contributed by atoms with E-state index in [1.165, 1.54) is 19.2 Å². The molecule has 1 aliphatic rings. The first-order chi connectivity index (χ1) is 11.0. The highest BCUT2D eigenvalue weighted by Gasteiger charge is 2.46. The van der Waals surface area contributed by atoms with Crippen LogP contribution in [0.25, 0.3) is 0 Å². The number of ether oxygens (including phenoxy) is 1. The number of hydrogen-bond acceptors (Lipinski definition) is 3. The zero-order valence-corrected chi connectivity index (χ0v) is 12.8. The normalized spacial score (nSPS) is 16.5. The molecule has 2 aromatic carbocycles. The standard InChI is InChI=1S/C18H18FNO3/c1-23-15-7-2-4-12(10-15)16(21)17(22)20-18(8-9-18)13-5-3-6-14(19)11-13/h2-7,10-11,16,21H,8-9H2,1H3,(H,20,22). The van der Waals surface area contributed by atoms with Crippen LogP contribution in [0.15, 0.2) is 48.5 Å². The van der Waals surface area contributed by atoms with Crippen molar-refractivity contribution in [3.63, 3.8) is 0 Å². The lowest BCUT2D eigenvalue weighted by atomic mass is 10.0. The smallest absolute Gasteiger partial charge is 0.254 e. The molecule has 1 unspecified atom stereocenters. The Bertz CT molecular complexity index is 728. The van der Waals surface area contributed by atoms with Crippen molar-refractivity contribution >= 4 is 5.91 Å². The lowest BCUT2D eigenvalue weighted by Crippen LogP contribution is -2.38. The highest BCUT2D eigenvalue weighted by atomic mass is 19.1. The van der Waals surface area contributed by atoms with Crippen molar-refractivity contribution in [2.75, 3.05) is 7.11 Å². The number of halogens is 1. The molecule has 1 fully saturated rings. The molecule has 2 aromatic rings. The number of carbonyl (C=O) groups is 1. The molecule has 0 spiro atoms. The number of methoxy groups -OCH3 is 1. The van der Waals surface area contributed by atoms with Gasteiger partial charge in [0.15, 0.2) is 6.10 Å². The van der Waals surface area contributed by atoms with Crippen LogP contribution in [-0.4, -0.2) is 18.1 Å². The van der Waals surface area contributed by atoms with E-state index in [0.717, 1.165) is 18.4 Å². The van der Waals surface area contributed by atoms with Gasteiger partial charge < -0.3 is 15.2 Å². The van der Waals surface area contributed by atoms with Crippen molar-refractivity contribution in [1.82, 2.24) is 5.32 Å². The maximum Gasteiger partial charge on any atom is 0.254 e. The molecule has 1 amide bonds. The first-order valence-corrected chi connectivity index (χ1v) is 7.44. The van der Waals surface area contributed by atoms with E-state index in [4.69, 9.17) is 4.74 Å². The molecule has 2 N–H and O–H groups in total. The van der Waals surface area contributed by atoms with Crippen molar-refractivity contribution < 1.29 is 19.0 Å². The molecule has 3 rings (SSSR count). The maximum atomic E-state index is 13.4. The summed E-state index contributed by atoms with van der Waals surface area (Å²) < 4.78 is 18.5. The molecule has 5 heteroatoms. The number of rotatable bonds is 5. The van der Waals surface area contributed by atoms with Gasteiger partial charge in [0.25, 0.3) is 5.91 Å². The van der Waals surface area contributed by atoms with Crippen LogP contribution in [0.1, 0.15) is 30.1 Å². The van der Waals surface area contributed by atoms with Crippen LogP contribution >= 0.6 is 0 Å². The first kappa shape index (κ1) is 15.5. The number of carbonyl (C=O) groups excluding carboxylic acids is 1. The van der Waals surface area contributed by atoms with Gasteiger partial charge in [-0.3, -0.25) is 4.79 Å². The van der Waals surface area contributed by atoms with Gasteiger partial charge >= 0.3 is 0 Å². The third kappa shape index (κ3) is 3.19. The van der Waals surface area contributed by atoms with E-state index in [1.807, 2.05) is 0 Å². The Kier molecular flexibility index (Phi) is 4.05. The summed E-state index contributed by atoms with van der Waals surface area (Å²) in [5, 5.41) is 13.1. The summed E-state index contributed by atoms with van der Waals surface area (Å²) in [6.45, 7) is 0. The average Bonchev–Trinajstić information content (AvgIpc) is 3.35. The number of amides is 1. The van der Waals surface area contributed by atoms with Crippen molar-refractivity contribution in [3.8, 4) is 5.75 Å². The van der Waals surface area contributed by atoms with Gasteiger partial charge in [-0.15, -0.1) is 0 Å². The molecular weight excluding hydrogens is 297 g/mol. The number of aliphatic hydroxyl groups is 1. The zero-order chi connectivity index (χ0) is 16.4. The molecule has 120 valence electrons. The summed E-state index contributed by atoms with van der Waals surface area (Å²) in [5.41, 5.74) is 0.611. The Morgan fingerprint density at radius 3 is 2.65 bits per heavy atom. The lowest BCUT2D eigenvalue weighted by molar-refractivity contribution is -0.130. The fourth-order valence-electron chi connectivity index (χ4n) is 2.66. The van der Waals surface area contributed by atoms with Gasteiger partial charge in [-0.1, -0.05) is 24.3 Å². The minimum absolute atomic E-state index is 0.337. The summed E-state index contributed by atoms with van der Waals surface area (Å²) in [7, 11) is 1.52. The first-order valence-electron chi connectivity index (χ1n) is 7.44. The second-order valence-electron chi connectivity index (χ2n) is 5.76. The minimum atomic E-state index is -1.30. The van der Waals surface area contributed by atoms with Gasteiger partial charge in [0, 0.05) is 0 Å². The van der Waals surface area contributed by atoms with Gasteiger partial charge in [-0.2, -0.15) is 0 Å². The van der Waals surface area contributed by atoms with E-state index in [9.17, 15) is 14.3 Å². The van der Waals surface area contributed by atoms with Crippen molar-refractivity contribution in [2.24, 2.45) is 0 Å². The van der Waals surface area contributed by atoms with E-state index in [2.05, 4.69) is 5.32 Å². The van der Waals surface area contributed by atoms with Crippen LogP contribution in [0.3, 0.4) is 0 Å². The van der Waals surface area contributed by atoms with Crippen molar-refractivity contribution in [3.05, 3.63) is 65.5 Å². The zero-order valence-electron chi connectivity index (χ0n) is 12.8. The SMILES string of the molecule is COc1cccc(C(O)C(=O)NC2(c3cccc(F)c3)CC2)c1. The summed E-state index contributed by atoms with van der Waals surface area (Å²) in [6, 6.07) is 12.9. The van der Waals surface area contributed by atoms with E-state index < -0.39 is 17.6 Å². The Hall–Kier alpha value is -2.40. The Morgan fingerprint density at radius 2 is 2.00 bits per heavy atom. The maximum absolute atomic E-state index is 13.4. The molecule has 0 radical (unpaired) electrons. The molecule has 1 atom stereocenters.